The predicted octanol–water partition coefficient (Wildman–Crippen LogP) is 3.05. The van der Waals surface area contributed by atoms with Gasteiger partial charge in [0.1, 0.15) is 17.0 Å². The molecule has 0 bridgehead atoms. The fourth-order valence-electron chi connectivity index (χ4n) is 6.99. The van der Waals surface area contributed by atoms with Gasteiger partial charge in [-0.05, 0) is 81.9 Å². The number of pyridine rings is 2. The van der Waals surface area contributed by atoms with Crippen molar-refractivity contribution in [3.63, 3.8) is 0 Å². The average molecular weight is 587 g/mol. The van der Waals surface area contributed by atoms with Crippen LogP contribution >= 0.6 is 0 Å². The lowest BCUT2D eigenvalue weighted by molar-refractivity contribution is 0.0950. The maximum Gasteiger partial charge on any atom is 0.259 e. The molecule has 3 aromatic heterocycles. The van der Waals surface area contributed by atoms with Gasteiger partial charge in [0.25, 0.3) is 5.91 Å². The molecule has 4 aromatic rings. The number of aromatic nitrogens is 3. The molecule has 6 heterocycles. The Kier molecular flexibility index (Phi) is 8.97. The van der Waals surface area contributed by atoms with Crippen LogP contribution in [0.15, 0.2) is 41.2 Å². The summed E-state index contributed by atoms with van der Waals surface area (Å²) in [7, 11) is 1.91. The lowest BCUT2D eigenvalue weighted by Crippen LogP contribution is -2.36. The third kappa shape index (κ3) is 6.01. The lowest BCUT2D eigenvalue weighted by Gasteiger charge is -2.18. The number of imidazole rings is 1. The standard InChI is InChI=1S/C26H30N6O2.C7H16N2/c1-29-19-8-2-3-9-20(19)32-24-18(10-11-21(28-24)31-15-6-7-16-31)23(33)22(26(29)32)25(34)27-12-17-30-13-4-5-14-30;1-7-2-4-9(6-7)5-3-8/h2-3,8-11H,4-7,12-17H2,1H3,(H,27,34);7H,2-6,8H2,1H3. The van der Waals surface area contributed by atoms with Crippen molar-refractivity contribution in [2.45, 2.75) is 39.0 Å². The van der Waals surface area contributed by atoms with E-state index in [9.17, 15) is 9.59 Å². The molecule has 230 valence electrons. The van der Waals surface area contributed by atoms with Gasteiger partial charge in [-0.1, -0.05) is 19.1 Å². The van der Waals surface area contributed by atoms with Crippen molar-refractivity contribution in [3.8, 4) is 0 Å². The van der Waals surface area contributed by atoms with Gasteiger partial charge in [0.05, 0.1) is 16.4 Å². The highest BCUT2D eigenvalue weighted by Gasteiger charge is 2.25. The number of benzene rings is 1. The molecule has 0 radical (unpaired) electrons. The molecule has 3 N–H and O–H groups in total. The number of likely N-dealkylation sites (tertiary alicyclic amines) is 2. The number of nitrogens with two attached hydrogens (primary N) is 1. The number of carbonyl (C=O) groups is 1. The highest BCUT2D eigenvalue weighted by Crippen LogP contribution is 2.27. The Morgan fingerprint density at radius 1 is 0.953 bits per heavy atom. The van der Waals surface area contributed by atoms with E-state index in [1.54, 1.807) is 0 Å². The van der Waals surface area contributed by atoms with Crippen molar-refractivity contribution < 1.29 is 4.79 Å². The minimum Gasteiger partial charge on any atom is -0.357 e. The molecule has 3 aliphatic rings. The van der Waals surface area contributed by atoms with E-state index in [0.29, 0.717) is 23.2 Å². The molecule has 1 atom stereocenters. The first-order valence-electron chi connectivity index (χ1n) is 16.1. The quantitative estimate of drug-likeness (QED) is 0.343. The summed E-state index contributed by atoms with van der Waals surface area (Å²) in [5.74, 6) is 1.46. The number of nitrogens with zero attached hydrogens (tertiary/aromatic N) is 6. The SMILES string of the molecule is CC1CCN(CCN)C1.Cn1c2ccccc2n2c3nc(N4CCCC4)ccc3c(=O)c(C(=O)NCCN3CCCC3)c12. The average Bonchev–Trinajstić information content (AvgIpc) is 3.84. The van der Waals surface area contributed by atoms with Gasteiger partial charge in [0.15, 0.2) is 5.65 Å². The van der Waals surface area contributed by atoms with Gasteiger partial charge >= 0.3 is 0 Å². The Morgan fingerprint density at radius 3 is 2.37 bits per heavy atom. The summed E-state index contributed by atoms with van der Waals surface area (Å²) in [6.07, 6.45) is 6.09. The highest BCUT2D eigenvalue weighted by molar-refractivity contribution is 6.05. The van der Waals surface area contributed by atoms with Gasteiger partial charge in [-0.3, -0.25) is 14.0 Å². The molecular formula is C33H46N8O2. The number of fused-ring (bicyclic) bond motifs is 5. The highest BCUT2D eigenvalue weighted by atomic mass is 16.2. The normalized spacial score (nSPS) is 19.5. The van der Waals surface area contributed by atoms with Crippen LogP contribution in [0.4, 0.5) is 5.82 Å². The number of hydrogen-bond donors (Lipinski definition) is 2. The first-order valence-corrected chi connectivity index (χ1v) is 16.1. The van der Waals surface area contributed by atoms with E-state index < -0.39 is 0 Å². The van der Waals surface area contributed by atoms with E-state index in [0.717, 1.165) is 81.4 Å². The van der Waals surface area contributed by atoms with Crippen LogP contribution in [0, 0.1) is 5.92 Å². The summed E-state index contributed by atoms with van der Waals surface area (Å²) in [6.45, 7) is 12.2. The fourth-order valence-corrected chi connectivity index (χ4v) is 6.99. The monoisotopic (exact) mass is 586 g/mol. The molecule has 0 saturated carbocycles. The summed E-state index contributed by atoms with van der Waals surface area (Å²) >= 11 is 0. The molecule has 10 heteroatoms. The van der Waals surface area contributed by atoms with E-state index in [2.05, 4.69) is 26.9 Å². The van der Waals surface area contributed by atoms with Crippen LogP contribution in [-0.4, -0.2) is 95.1 Å². The molecule has 10 nitrogen and oxygen atoms in total. The van der Waals surface area contributed by atoms with Crippen LogP contribution in [0.3, 0.4) is 0 Å². The summed E-state index contributed by atoms with van der Waals surface area (Å²) in [6, 6.07) is 11.7. The molecule has 43 heavy (non-hydrogen) atoms. The van der Waals surface area contributed by atoms with E-state index in [-0.39, 0.29) is 16.9 Å². The van der Waals surface area contributed by atoms with Crippen LogP contribution < -0.4 is 21.4 Å². The largest absolute Gasteiger partial charge is 0.357 e. The summed E-state index contributed by atoms with van der Waals surface area (Å²) < 4.78 is 3.93. The van der Waals surface area contributed by atoms with Crippen molar-refractivity contribution in [1.82, 2.24) is 29.1 Å². The Morgan fingerprint density at radius 2 is 1.67 bits per heavy atom. The van der Waals surface area contributed by atoms with Gasteiger partial charge in [-0.25, -0.2) is 4.98 Å². The molecule has 3 saturated heterocycles. The zero-order valence-electron chi connectivity index (χ0n) is 25.7. The van der Waals surface area contributed by atoms with Crippen molar-refractivity contribution in [1.29, 1.82) is 0 Å². The molecular weight excluding hydrogens is 540 g/mol. The third-order valence-corrected chi connectivity index (χ3v) is 9.30. The van der Waals surface area contributed by atoms with Crippen molar-refractivity contribution >= 4 is 39.4 Å². The Labute approximate surface area is 253 Å². The number of anilines is 1. The fraction of sp³-hybridized carbons (Fsp3) is 0.545. The first kappa shape index (κ1) is 29.6. The van der Waals surface area contributed by atoms with Crippen LogP contribution in [0.1, 0.15) is 49.4 Å². The smallest absolute Gasteiger partial charge is 0.259 e. The lowest BCUT2D eigenvalue weighted by atomic mass is 10.1. The summed E-state index contributed by atoms with van der Waals surface area (Å²) in [5, 5.41) is 3.49. The van der Waals surface area contributed by atoms with Gasteiger partial charge in [0, 0.05) is 52.9 Å². The molecule has 0 spiro atoms. The van der Waals surface area contributed by atoms with Gasteiger partial charge < -0.3 is 30.3 Å². The molecule has 1 amide bonds. The maximum absolute atomic E-state index is 13.7. The Balaban J connectivity index is 0.000000315. The molecule has 3 aliphatic heterocycles. The Bertz CT molecular complexity index is 1650. The number of aryl methyl sites for hydroxylation is 1. The second kappa shape index (κ2) is 13.0. The van der Waals surface area contributed by atoms with Crippen LogP contribution in [0.5, 0.6) is 0 Å². The topological polar surface area (TPSA) is 104 Å². The second-order valence-electron chi connectivity index (χ2n) is 12.4. The third-order valence-electron chi connectivity index (χ3n) is 9.30. The number of para-hydroxylation sites is 2. The molecule has 3 fully saturated rings. The van der Waals surface area contributed by atoms with Gasteiger partial charge in [-0.15, -0.1) is 0 Å². The molecule has 1 unspecified atom stereocenters. The second-order valence-corrected chi connectivity index (χ2v) is 12.4. The number of amides is 1. The minimum absolute atomic E-state index is 0.184. The van der Waals surface area contributed by atoms with Crippen LogP contribution in [-0.2, 0) is 7.05 Å². The molecule has 7 rings (SSSR count). The van der Waals surface area contributed by atoms with E-state index in [1.165, 1.54) is 32.4 Å². The van der Waals surface area contributed by atoms with Crippen molar-refractivity contribution in [2.24, 2.45) is 18.7 Å². The van der Waals surface area contributed by atoms with Crippen molar-refractivity contribution in [3.05, 3.63) is 52.2 Å². The molecule has 1 aromatic carbocycles. The number of nitrogens with one attached hydrogen (secondary N) is 1. The van der Waals surface area contributed by atoms with Crippen LogP contribution in [0.2, 0.25) is 0 Å². The number of rotatable bonds is 7. The zero-order valence-corrected chi connectivity index (χ0v) is 25.7. The summed E-state index contributed by atoms with van der Waals surface area (Å²) in [5.41, 5.74) is 8.41. The number of carbonyl (C=O) groups excluding carboxylic acids is 1. The van der Waals surface area contributed by atoms with Crippen LogP contribution in [0.25, 0.3) is 27.7 Å². The minimum atomic E-state index is -0.321. The summed E-state index contributed by atoms with van der Waals surface area (Å²) in [4.78, 5) is 39.1. The van der Waals surface area contributed by atoms with Gasteiger partial charge in [0.2, 0.25) is 5.43 Å². The van der Waals surface area contributed by atoms with Gasteiger partial charge in [-0.2, -0.15) is 0 Å². The van der Waals surface area contributed by atoms with Crippen molar-refractivity contribution in [2.75, 3.05) is 70.3 Å². The zero-order chi connectivity index (χ0) is 29.9. The van der Waals surface area contributed by atoms with E-state index >= 15 is 0 Å². The van der Waals surface area contributed by atoms with E-state index in [4.69, 9.17) is 10.7 Å². The Hall–Kier alpha value is -3.47. The predicted molar refractivity (Wildman–Crippen MR) is 174 cm³/mol. The number of hydrogen-bond acceptors (Lipinski definition) is 7. The maximum atomic E-state index is 13.7. The molecule has 0 aliphatic carbocycles. The first-order chi connectivity index (χ1) is 21.0. The van der Waals surface area contributed by atoms with E-state index in [1.807, 2.05) is 52.4 Å².